The first kappa shape index (κ1) is 12.8. The molecule has 1 rings (SSSR count). The van der Waals surface area contributed by atoms with Crippen LogP contribution in [0.3, 0.4) is 0 Å². The summed E-state index contributed by atoms with van der Waals surface area (Å²) >= 11 is 5.86. The number of carboxylic acids is 1. The first-order chi connectivity index (χ1) is 7.63. The van der Waals surface area contributed by atoms with Crippen LogP contribution in [0.15, 0.2) is 24.3 Å². The van der Waals surface area contributed by atoms with Gasteiger partial charge in [-0.3, -0.25) is 4.79 Å². The molecule has 3 N–H and O–H groups in total. The summed E-state index contributed by atoms with van der Waals surface area (Å²) < 4.78 is 0. The van der Waals surface area contributed by atoms with Crippen LogP contribution in [0, 0.1) is 0 Å². The monoisotopic (exact) mass is 242 g/mol. The lowest BCUT2D eigenvalue weighted by Gasteiger charge is -2.22. The maximum atomic E-state index is 10.7. The molecule has 0 aliphatic carbocycles. The number of nitrogens with zero attached hydrogens (tertiary/aromatic N) is 1. The minimum atomic E-state index is -0.864. The van der Waals surface area contributed by atoms with Gasteiger partial charge in [0.15, 0.2) is 0 Å². The highest BCUT2D eigenvalue weighted by atomic mass is 35.5. The van der Waals surface area contributed by atoms with Gasteiger partial charge >= 0.3 is 5.97 Å². The van der Waals surface area contributed by atoms with E-state index in [2.05, 4.69) is 0 Å². The van der Waals surface area contributed by atoms with Crippen molar-refractivity contribution in [3.63, 3.8) is 0 Å². The normalized spacial score (nSPS) is 10.1. The summed E-state index contributed by atoms with van der Waals surface area (Å²) in [5, 5.41) is 9.41. The average Bonchev–Trinajstić information content (AvgIpc) is 2.23. The maximum Gasteiger partial charge on any atom is 0.323 e. The van der Waals surface area contributed by atoms with Gasteiger partial charge in [-0.15, -0.1) is 0 Å². The van der Waals surface area contributed by atoms with Crippen molar-refractivity contribution in [3.05, 3.63) is 29.3 Å². The molecular formula is C11H15ClN2O2. The summed E-state index contributed by atoms with van der Waals surface area (Å²) in [5.74, 6) is -0.864. The third kappa shape index (κ3) is 4.08. The van der Waals surface area contributed by atoms with Gasteiger partial charge in [-0.1, -0.05) is 17.7 Å². The Labute approximate surface area is 99.6 Å². The lowest BCUT2D eigenvalue weighted by molar-refractivity contribution is -0.135. The minimum absolute atomic E-state index is 0.0413. The summed E-state index contributed by atoms with van der Waals surface area (Å²) in [7, 11) is 0. The van der Waals surface area contributed by atoms with Crippen LogP contribution < -0.4 is 10.6 Å². The molecule has 0 aliphatic rings. The zero-order chi connectivity index (χ0) is 12.0. The van der Waals surface area contributed by atoms with E-state index in [0.717, 1.165) is 12.1 Å². The second kappa shape index (κ2) is 6.35. The molecule has 0 radical (unpaired) electrons. The average molecular weight is 243 g/mol. The Kier molecular flexibility index (Phi) is 5.08. The van der Waals surface area contributed by atoms with Crippen molar-refractivity contribution >= 4 is 23.3 Å². The van der Waals surface area contributed by atoms with Crippen LogP contribution in [0.2, 0.25) is 5.02 Å². The molecule has 0 fully saturated rings. The predicted molar refractivity (Wildman–Crippen MR) is 65.0 cm³/mol. The number of hydrogen-bond acceptors (Lipinski definition) is 3. The topological polar surface area (TPSA) is 66.6 Å². The Balaban J connectivity index is 2.78. The number of nitrogens with two attached hydrogens (primary N) is 1. The smallest absolute Gasteiger partial charge is 0.323 e. The summed E-state index contributed by atoms with van der Waals surface area (Å²) in [6.45, 7) is 1.11. The Morgan fingerprint density at radius 2 is 2.25 bits per heavy atom. The molecule has 1 aromatic carbocycles. The quantitative estimate of drug-likeness (QED) is 0.795. The van der Waals surface area contributed by atoms with E-state index in [4.69, 9.17) is 22.4 Å². The van der Waals surface area contributed by atoms with Crippen LogP contribution in [0.1, 0.15) is 6.42 Å². The van der Waals surface area contributed by atoms with Crippen LogP contribution in [0.4, 0.5) is 5.69 Å². The van der Waals surface area contributed by atoms with Gasteiger partial charge in [-0.25, -0.2) is 0 Å². The molecule has 0 aromatic heterocycles. The molecule has 0 amide bonds. The Morgan fingerprint density at radius 3 is 2.81 bits per heavy atom. The highest BCUT2D eigenvalue weighted by molar-refractivity contribution is 6.30. The fraction of sp³-hybridized carbons (Fsp3) is 0.364. The van der Waals surface area contributed by atoms with E-state index in [1.165, 1.54) is 0 Å². The molecule has 0 saturated carbocycles. The summed E-state index contributed by atoms with van der Waals surface area (Å²) in [4.78, 5) is 12.5. The Bertz CT molecular complexity index is 358. The maximum absolute atomic E-state index is 10.7. The zero-order valence-electron chi connectivity index (χ0n) is 8.90. The third-order valence-electron chi connectivity index (χ3n) is 2.13. The van der Waals surface area contributed by atoms with Gasteiger partial charge in [0.05, 0.1) is 0 Å². The SMILES string of the molecule is NCCCN(CC(=O)O)c1cccc(Cl)c1. The lowest BCUT2D eigenvalue weighted by Crippen LogP contribution is -2.31. The van der Waals surface area contributed by atoms with E-state index in [9.17, 15) is 4.79 Å². The van der Waals surface area contributed by atoms with E-state index in [1.54, 1.807) is 23.1 Å². The molecular weight excluding hydrogens is 228 g/mol. The first-order valence-electron chi connectivity index (χ1n) is 5.06. The van der Waals surface area contributed by atoms with Crippen LogP contribution >= 0.6 is 11.6 Å². The van der Waals surface area contributed by atoms with Gasteiger partial charge in [-0.2, -0.15) is 0 Å². The van der Waals surface area contributed by atoms with Crippen LogP contribution in [0.5, 0.6) is 0 Å². The van der Waals surface area contributed by atoms with Gasteiger partial charge in [0, 0.05) is 17.3 Å². The number of hydrogen-bond donors (Lipinski definition) is 2. The van der Waals surface area contributed by atoms with Crippen molar-refractivity contribution in [1.29, 1.82) is 0 Å². The second-order valence-corrected chi connectivity index (χ2v) is 3.87. The zero-order valence-corrected chi connectivity index (χ0v) is 9.65. The van der Waals surface area contributed by atoms with E-state index in [0.29, 0.717) is 18.1 Å². The predicted octanol–water partition coefficient (Wildman–Crippen LogP) is 1.58. The molecule has 88 valence electrons. The molecule has 0 heterocycles. The number of benzene rings is 1. The Hall–Kier alpha value is -1.26. The number of carbonyl (C=O) groups is 1. The van der Waals surface area contributed by atoms with Crippen molar-refractivity contribution < 1.29 is 9.90 Å². The van der Waals surface area contributed by atoms with Crippen molar-refractivity contribution in [2.24, 2.45) is 5.73 Å². The number of aliphatic carboxylic acids is 1. The van der Waals surface area contributed by atoms with Crippen molar-refractivity contribution in [3.8, 4) is 0 Å². The molecule has 0 unspecified atom stereocenters. The first-order valence-corrected chi connectivity index (χ1v) is 5.43. The van der Waals surface area contributed by atoms with Crippen LogP contribution in [-0.2, 0) is 4.79 Å². The molecule has 0 aliphatic heterocycles. The van der Waals surface area contributed by atoms with Gasteiger partial charge in [0.1, 0.15) is 6.54 Å². The fourth-order valence-corrected chi connectivity index (χ4v) is 1.60. The summed E-state index contributed by atoms with van der Waals surface area (Å²) in [6, 6.07) is 7.15. The number of rotatable bonds is 6. The largest absolute Gasteiger partial charge is 0.480 e. The standard InChI is InChI=1S/C11H15ClN2O2/c12-9-3-1-4-10(7-9)14(6-2-5-13)8-11(15)16/h1,3-4,7H,2,5-6,8,13H2,(H,15,16). The van der Waals surface area contributed by atoms with Crippen molar-refractivity contribution in [1.82, 2.24) is 0 Å². The lowest BCUT2D eigenvalue weighted by atomic mass is 10.2. The van der Waals surface area contributed by atoms with Gasteiger partial charge in [0.25, 0.3) is 0 Å². The van der Waals surface area contributed by atoms with E-state index in [-0.39, 0.29) is 6.54 Å². The molecule has 0 spiro atoms. The Morgan fingerprint density at radius 1 is 1.50 bits per heavy atom. The van der Waals surface area contributed by atoms with Gasteiger partial charge in [-0.05, 0) is 31.2 Å². The van der Waals surface area contributed by atoms with Crippen LogP contribution in [-0.4, -0.2) is 30.7 Å². The highest BCUT2D eigenvalue weighted by Gasteiger charge is 2.10. The minimum Gasteiger partial charge on any atom is -0.480 e. The summed E-state index contributed by atoms with van der Waals surface area (Å²) in [5.41, 5.74) is 6.22. The summed E-state index contributed by atoms with van der Waals surface area (Å²) in [6.07, 6.45) is 0.750. The van der Waals surface area contributed by atoms with Crippen LogP contribution in [0.25, 0.3) is 0 Å². The second-order valence-electron chi connectivity index (χ2n) is 3.44. The highest BCUT2D eigenvalue weighted by Crippen LogP contribution is 2.19. The van der Waals surface area contributed by atoms with E-state index >= 15 is 0 Å². The molecule has 16 heavy (non-hydrogen) atoms. The van der Waals surface area contributed by atoms with Gasteiger partial charge in [0.2, 0.25) is 0 Å². The molecule has 1 aromatic rings. The van der Waals surface area contributed by atoms with Crippen molar-refractivity contribution in [2.75, 3.05) is 24.5 Å². The number of carboxylic acid groups (broad SMARTS) is 1. The van der Waals surface area contributed by atoms with E-state index in [1.807, 2.05) is 6.07 Å². The third-order valence-corrected chi connectivity index (χ3v) is 2.37. The molecule has 4 nitrogen and oxygen atoms in total. The number of halogens is 1. The van der Waals surface area contributed by atoms with Crippen molar-refractivity contribution in [2.45, 2.75) is 6.42 Å². The van der Waals surface area contributed by atoms with Gasteiger partial charge < -0.3 is 15.7 Å². The molecule has 5 heteroatoms. The van der Waals surface area contributed by atoms with E-state index < -0.39 is 5.97 Å². The molecule has 0 saturated heterocycles. The molecule has 0 bridgehead atoms. The fourth-order valence-electron chi connectivity index (χ4n) is 1.42. The number of anilines is 1. The molecule has 0 atom stereocenters.